The third-order valence-electron chi connectivity index (χ3n) is 3.96. The fraction of sp³-hybridized carbons (Fsp3) is 0.316. The smallest absolute Gasteiger partial charge is 0.275 e. The molecule has 0 aromatic heterocycles. The second kappa shape index (κ2) is 8.35. The summed E-state index contributed by atoms with van der Waals surface area (Å²) in [4.78, 5) is 11.9. The average molecular weight is 297 g/mol. The molecule has 0 spiro atoms. The molecule has 0 aliphatic heterocycles. The van der Waals surface area contributed by atoms with Crippen molar-refractivity contribution >= 4 is 5.91 Å². The molecule has 2 rings (SSSR count). The Bertz CT molecular complexity index is 595. The molecule has 116 valence electrons. The van der Waals surface area contributed by atoms with E-state index in [4.69, 9.17) is 0 Å². The Hall–Kier alpha value is -2.13. The molecule has 0 bridgehead atoms. The summed E-state index contributed by atoms with van der Waals surface area (Å²) in [6, 6.07) is 18.9. The molecule has 2 aromatic carbocycles. The van der Waals surface area contributed by atoms with Gasteiger partial charge in [0.15, 0.2) is 6.54 Å². The van der Waals surface area contributed by atoms with Gasteiger partial charge in [0.2, 0.25) is 0 Å². The topological polar surface area (TPSA) is 45.7 Å². The minimum absolute atomic E-state index is 0.0939. The summed E-state index contributed by atoms with van der Waals surface area (Å²) < 4.78 is 0. The minimum atomic E-state index is 0.0939. The lowest BCUT2D eigenvalue weighted by atomic mass is 10.1. The second-order valence-electron chi connectivity index (χ2n) is 5.67. The van der Waals surface area contributed by atoms with Gasteiger partial charge in [-0.25, -0.2) is 0 Å². The zero-order chi connectivity index (χ0) is 15.8. The molecule has 0 aliphatic rings. The van der Waals surface area contributed by atoms with Gasteiger partial charge in [-0.15, -0.1) is 0 Å². The van der Waals surface area contributed by atoms with Crippen LogP contribution in [0.15, 0.2) is 54.6 Å². The highest BCUT2D eigenvalue weighted by atomic mass is 16.1. The SMILES string of the molecule is Cc1ccccc1CCNC(=O)C[NH2+][C@H](C)c1ccccc1. The van der Waals surface area contributed by atoms with E-state index in [1.165, 1.54) is 16.7 Å². The molecule has 3 heteroatoms. The maximum Gasteiger partial charge on any atom is 0.275 e. The first-order valence-corrected chi connectivity index (χ1v) is 7.86. The summed E-state index contributed by atoms with van der Waals surface area (Å²) in [6.45, 7) is 5.38. The number of hydrogen-bond donors (Lipinski definition) is 2. The molecule has 0 saturated heterocycles. The summed E-state index contributed by atoms with van der Waals surface area (Å²) in [5, 5.41) is 5.06. The molecule has 0 radical (unpaired) electrons. The molecule has 22 heavy (non-hydrogen) atoms. The van der Waals surface area contributed by atoms with Gasteiger partial charge in [0.05, 0.1) is 0 Å². The van der Waals surface area contributed by atoms with Crippen LogP contribution in [0.1, 0.15) is 29.7 Å². The van der Waals surface area contributed by atoms with Crippen LogP contribution in [-0.4, -0.2) is 19.0 Å². The van der Waals surface area contributed by atoms with Gasteiger partial charge in [-0.05, 0) is 31.4 Å². The monoisotopic (exact) mass is 297 g/mol. The molecule has 0 aliphatic carbocycles. The predicted molar refractivity (Wildman–Crippen MR) is 89.5 cm³/mol. The Morgan fingerprint density at radius 1 is 1.09 bits per heavy atom. The zero-order valence-corrected chi connectivity index (χ0v) is 13.4. The largest absolute Gasteiger partial charge is 0.351 e. The van der Waals surface area contributed by atoms with Crippen molar-refractivity contribution in [2.24, 2.45) is 0 Å². The number of nitrogens with one attached hydrogen (secondary N) is 1. The fourth-order valence-electron chi connectivity index (χ4n) is 2.48. The van der Waals surface area contributed by atoms with E-state index in [9.17, 15) is 4.79 Å². The number of carbonyl (C=O) groups is 1. The van der Waals surface area contributed by atoms with Gasteiger partial charge in [0.1, 0.15) is 6.04 Å². The second-order valence-corrected chi connectivity index (χ2v) is 5.67. The van der Waals surface area contributed by atoms with Crippen LogP contribution < -0.4 is 10.6 Å². The van der Waals surface area contributed by atoms with Crippen molar-refractivity contribution in [3.63, 3.8) is 0 Å². The van der Waals surface area contributed by atoms with E-state index in [2.05, 4.69) is 48.7 Å². The van der Waals surface area contributed by atoms with Crippen LogP contribution in [-0.2, 0) is 11.2 Å². The summed E-state index contributed by atoms with van der Waals surface area (Å²) in [5.74, 6) is 0.0939. The Kier molecular flexibility index (Phi) is 6.16. The van der Waals surface area contributed by atoms with Crippen LogP contribution in [0.25, 0.3) is 0 Å². The summed E-state index contributed by atoms with van der Waals surface area (Å²) in [5.41, 5.74) is 3.82. The van der Waals surface area contributed by atoms with Crippen molar-refractivity contribution in [3.05, 3.63) is 71.3 Å². The molecule has 0 saturated carbocycles. The molecular formula is C19H25N2O+. The minimum Gasteiger partial charge on any atom is -0.351 e. The number of amides is 1. The van der Waals surface area contributed by atoms with E-state index in [-0.39, 0.29) is 5.91 Å². The molecule has 3 nitrogen and oxygen atoms in total. The van der Waals surface area contributed by atoms with Gasteiger partial charge in [-0.1, -0.05) is 54.6 Å². The maximum atomic E-state index is 11.9. The van der Waals surface area contributed by atoms with Crippen molar-refractivity contribution < 1.29 is 10.1 Å². The quantitative estimate of drug-likeness (QED) is 0.806. The van der Waals surface area contributed by atoms with Gasteiger partial charge in [0.25, 0.3) is 5.91 Å². The molecule has 0 unspecified atom stereocenters. The van der Waals surface area contributed by atoms with Crippen LogP contribution in [0.4, 0.5) is 0 Å². The van der Waals surface area contributed by atoms with Crippen LogP contribution in [0.5, 0.6) is 0 Å². The number of carbonyl (C=O) groups excluding carboxylic acids is 1. The van der Waals surface area contributed by atoms with Gasteiger partial charge < -0.3 is 10.6 Å². The first-order valence-electron chi connectivity index (χ1n) is 7.86. The van der Waals surface area contributed by atoms with Crippen LogP contribution in [0.2, 0.25) is 0 Å². The standard InChI is InChI=1S/C19H24N2O/c1-15-8-6-7-9-17(15)12-13-20-19(22)14-21-16(2)18-10-4-3-5-11-18/h3-11,16,21H,12-14H2,1-2H3,(H,20,22)/p+1/t16-/m1/s1. The van der Waals surface area contributed by atoms with Crippen molar-refractivity contribution in [1.29, 1.82) is 0 Å². The molecule has 0 fully saturated rings. The maximum absolute atomic E-state index is 11.9. The molecule has 1 amide bonds. The summed E-state index contributed by atoms with van der Waals surface area (Å²) in [6.07, 6.45) is 0.882. The van der Waals surface area contributed by atoms with Gasteiger partial charge in [0, 0.05) is 12.1 Å². The number of hydrogen-bond acceptors (Lipinski definition) is 1. The Balaban J connectivity index is 1.69. The summed E-state index contributed by atoms with van der Waals surface area (Å²) in [7, 11) is 0. The highest BCUT2D eigenvalue weighted by Gasteiger charge is 2.10. The average Bonchev–Trinajstić information content (AvgIpc) is 2.55. The van der Waals surface area contributed by atoms with Gasteiger partial charge in [-0.2, -0.15) is 0 Å². The van der Waals surface area contributed by atoms with E-state index < -0.39 is 0 Å². The Morgan fingerprint density at radius 3 is 2.50 bits per heavy atom. The van der Waals surface area contributed by atoms with E-state index in [1.807, 2.05) is 30.3 Å². The highest BCUT2D eigenvalue weighted by Crippen LogP contribution is 2.07. The first-order chi connectivity index (χ1) is 10.7. The van der Waals surface area contributed by atoms with Crippen molar-refractivity contribution in [2.75, 3.05) is 13.1 Å². The van der Waals surface area contributed by atoms with Crippen molar-refractivity contribution in [2.45, 2.75) is 26.3 Å². The molecule has 3 N–H and O–H groups in total. The van der Waals surface area contributed by atoms with Crippen LogP contribution >= 0.6 is 0 Å². The molecule has 0 heterocycles. The number of nitrogens with two attached hydrogens (primary N) is 1. The molecular weight excluding hydrogens is 272 g/mol. The molecule has 1 atom stereocenters. The third kappa shape index (κ3) is 5.01. The van der Waals surface area contributed by atoms with E-state index in [0.29, 0.717) is 19.1 Å². The number of benzene rings is 2. The van der Waals surface area contributed by atoms with E-state index in [0.717, 1.165) is 6.42 Å². The lowest BCUT2D eigenvalue weighted by Crippen LogP contribution is -2.87. The number of aryl methyl sites for hydroxylation is 1. The highest BCUT2D eigenvalue weighted by molar-refractivity contribution is 5.76. The van der Waals surface area contributed by atoms with Crippen molar-refractivity contribution in [3.8, 4) is 0 Å². The zero-order valence-electron chi connectivity index (χ0n) is 13.4. The number of rotatable bonds is 7. The fourth-order valence-corrected chi connectivity index (χ4v) is 2.48. The molecule has 2 aromatic rings. The number of quaternary nitrogens is 1. The van der Waals surface area contributed by atoms with Gasteiger partial charge in [-0.3, -0.25) is 4.79 Å². The Morgan fingerprint density at radius 2 is 1.77 bits per heavy atom. The van der Waals surface area contributed by atoms with Gasteiger partial charge >= 0.3 is 0 Å². The van der Waals surface area contributed by atoms with Crippen molar-refractivity contribution in [1.82, 2.24) is 5.32 Å². The lowest BCUT2D eigenvalue weighted by Gasteiger charge is -2.11. The third-order valence-corrected chi connectivity index (χ3v) is 3.96. The summed E-state index contributed by atoms with van der Waals surface area (Å²) >= 11 is 0. The normalized spacial score (nSPS) is 11.9. The lowest BCUT2D eigenvalue weighted by molar-refractivity contribution is -0.682. The van der Waals surface area contributed by atoms with Crippen LogP contribution in [0.3, 0.4) is 0 Å². The first kappa shape index (κ1) is 16.2. The van der Waals surface area contributed by atoms with Crippen LogP contribution in [0, 0.1) is 6.92 Å². The van der Waals surface area contributed by atoms with E-state index in [1.54, 1.807) is 0 Å². The predicted octanol–water partition coefficient (Wildman–Crippen LogP) is 1.98. The Labute approximate surface area is 132 Å². The van der Waals surface area contributed by atoms with E-state index >= 15 is 0 Å².